The highest BCUT2D eigenvalue weighted by molar-refractivity contribution is 5.94. The first-order valence-electron chi connectivity index (χ1n) is 7.93. The molecule has 0 bridgehead atoms. The molecular weight excluding hydrogens is 304 g/mol. The lowest BCUT2D eigenvalue weighted by Gasteiger charge is -2.15. The van der Waals surface area contributed by atoms with Crippen molar-refractivity contribution in [2.75, 3.05) is 13.2 Å². The Morgan fingerprint density at radius 1 is 0.833 bits per heavy atom. The smallest absolute Gasteiger partial charge is 0.159 e. The van der Waals surface area contributed by atoms with Gasteiger partial charge in [-0.2, -0.15) is 0 Å². The number of hydrogen-bond donors (Lipinski definition) is 0. The van der Waals surface area contributed by atoms with E-state index in [1.807, 2.05) is 19.1 Å². The van der Waals surface area contributed by atoms with Crippen molar-refractivity contribution < 1.29 is 19.1 Å². The van der Waals surface area contributed by atoms with Gasteiger partial charge in [0.15, 0.2) is 11.6 Å². The largest absolute Gasteiger partial charge is 0.493 e. The van der Waals surface area contributed by atoms with Gasteiger partial charge in [-0.15, -0.1) is 0 Å². The molecule has 0 aromatic heterocycles. The van der Waals surface area contributed by atoms with Crippen molar-refractivity contribution >= 4 is 11.6 Å². The fourth-order valence-electron chi connectivity index (χ4n) is 2.13. The number of benzene rings is 2. The van der Waals surface area contributed by atoms with Crippen LogP contribution in [-0.4, -0.2) is 24.8 Å². The zero-order chi connectivity index (χ0) is 17.5. The monoisotopic (exact) mass is 326 g/mol. The molecule has 4 heteroatoms. The quantitative estimate of drug-likeness (QED) is 0.683. The Labute approximate surface area is 142 Å². The van der Waals surface area contributed by atoms with Gasteiger partial charge in [0, 0.05) is 17.0 Å². The first-order valence-corrected chi connectivity index (χ1v) is 7.93. The average Bonchev–Trinajstić information content (AvgIpc) is 2.58. The minimum atomic E-state index is 0.0159. The fourth-order valence-corrected chi connectivity index (χ4v) is 2.13. The van der Waals surface area contributed by atoms with Gasteiger partial charge in [-0.25, -0.2) is 0 Å². The number of carbonyl (C=O) groups is 2. The van der Waals surface area contributed by atoms with E-state index in [1.165, 1.54) is 13.8 Å². The maximum absolute atomic E-state index is 11.4. The summed E-state index contributed by atoms with van der Waals surface area (Å²) in [6, 6.07) is 14.3. The van der Waals surface area contributed by atoms with Gasteiger partial charge in [-0.05, 0) is 38.1 Å². The molecule has 0 saturated carbocycles. The van der Waals surface area contributed by atoms with Crippen LogP contribution >= 0.6 is 0 Å². The molecule has 0 N–H and O–H groups in total. The van der Waals surface area contributed by atoms with E-state index < -0.39 is 0 Å². The van der Waals surface area contributed by atoms with Crippen molar-refractivity contribution in [1.82, 2.24) is 0 Å². The highest BCUT2D eigenvalue weighted by Crippen LogP contribution is 2.17. The molecule has 2 aromatic carbocycles. The summed E-state index contributed by atoms with van der Waals surface area (Å²) in [4.78, 5) is 22.7. The molecular formula is C20H22O4. The molecule has 126 valence electrons. The summed E-state index contributed by atoms with van der Waals surface area (Å²) in [5.41, 5.74) is 1.27. The van der Waals surface area contributed by atoms with Gasteiger partial charge in [-0.1, -0.05) is 31.2 Å². The maximum atomic E-state index is 11.4. The van der Waals surface area contributed by atoms with E-state index in [2.05, 4.69) is 0 Å². The Morgan fingerprint density at radius 3 is 1.62 bits per heavy atom. The van der Waals surface area contributed by atoms with Crippen LogP contribution in [0.2, 0.25) is 0 Å². The predicted molar refractivity (Wildman–Crippen MR) is 93.0 cm³/mol. The molecule has 0 aliphatic rings. The highest BCUT2D eigenvalue weighted by Gasteiger charge is 2.07. The minimum Gasteiger partial charge on any atom is -0.493 e. The molecule has 4 nitrogen and oxygen atoms in total. The number of ketones is 2. The first-order chi connectivity index (χ1) is 11.5. The van der Waals surface area contributed by atoms with Gasteiger partial charge in [0.25, 0.3) is 0 Å². The van der Waals surface area contributed by atoms with E-state index in [-0.39, 0.29) is 17.5 Å². The Balaban J connectivity index is 1.84. The molecule has 24 heavy (non-hydrogen) atoms. The lowest BCUT2D eigenvalue weighted by molar-refractivity contribution is 0.100. The Bertz CT molecular complexity index is 660. The van der Waals surface area contributed by atoms with Crippen molar-refractivity contribution in [3.05, 3.63) is 59.7 Å². The lowest BCUT2D eigenvalue weighted by atomic mass is 10.1. The zero-order valence-electron chi connectivity index (χ0n) is 14.2. The third kappa shape index (κ3) is 5.23. The molecule has 0 unspecified atom stereocenters. The van der Waals surface area contributed by atoms with Gasteiger partial charge in [-0.3, -0.25) is 9.59 Å². The normalized spacial score (nSPS) is 10.5. The van der Waals surface area contributed by atoms with Gasteiger partial charge >= 0.3 is 0 Å². The summed E-state index contributed by atoms with van der Waals surface area (Å²) in [5, 5.41) is 0. The van der Waals surface area contributed by atoms with E-state index in [0.29, 0.717) is 35.8 Å². The maximum Gasteiger partial charge on any atom is 0.159 e. The van der Waals surface area contributed by atoms with E-state index in [4.69, 9.17) is 9.47 Å². The Kier molecular flexibility index (Phi) is 6.13. The second-order valence-corrected chi connectivity index (χ2v) is 5.90. The van der Waals surface area contributed by atoms with Crippen molar-refractivity contribution in [3.8, 4) is 11.5 Å². The van der Waals surface area contributed by atoms with Crippen LogP contribution in [0.25, 0.3) is 0 Å². The van der Waals surface area contributed by atoms with E-state index in [9.17, 15) is 9.59 Å². The SMILES string of the molecule is CC(=O)c1cccc(OCC(C)COc2cccc(C(C)=O)c2)c1. The molecule has 0 fully saturated rings. The minimum absolute atomic E-state index is 0.0159. The number of ether oxygens (including phenoxy) is 2. The first kappa shape index (κ1) is 17.7. The molecule has 0 aliphatic carbocycles. The van der Waals surface area contributed by atoms with Crippen molar-refractivity contribution in [3.63, 3.8) is 0 Å². The van der Waals surface area contributed by atoms with E-state index in [1.54, 1.807) is 36.4 Å². The standard InChI is InChI=1S/C20H22O4/c1-14(12-23-19-8-4-6-17(10-19)15(2)21)13-24-20-9-5-7-18(11-20)16(3)22/h4-11,14H,12-13H2,1-3H3. The van der Waals surface area contributed by atoms with Gasteiger partial charge in [0.2, 0.25) is 0 Å². The Morgan fingerprint density at radius 2 is 1.25 bits per heavy atom. The van der Waals surface area contributed by atoms with E-state index >= 15 is 0 Å². The van der Waals surface area contributed by atoms with Crippen LogP contribution in [0.15, 0.2) is 48.5 Å². The van der Waals surface area contributed by atoms with Crippen molar-refractivity contribution in [1.29, 1.82) is 0 Å². The summed E-state index contributed by atoms with van der Waals surface area (Å²) in [6.45, 7) is 6.04. The van der Waals surface area contributed by atoms with Crippen LogP contribution in [0.1, 0.15) is 41.5 Å². The number of carbonyl (C=O) groups excluding carboxylic acids is 2. The highest BCUT2D eigenvalue weighted by atomic mass is 16.5. The molecule has 0 heterocycles. The molecule has 2 aromatic rings. The van der Waals surface area contributed by atoms with Crippen LogP contribution in [0, 0.1) is 5.92 Å². The molecule has 0 saturated heterocycles. The van der Waals surface area contributed by atoms with Crippen LogP contribution in [0.5, 0.6) is 11.5 Å². The zero-order valence-corrected chi connectivity index (χ0v) is 14.2. The third-order valence-corrected chi connectivity index (χ3v) is 3.55. The number of Topliss-reactive ketones (excluding diaryl/α,β-unsaturated/α-hetero) is 2. The Hall–Kier alpha value is -2.62. The van der Waals surface area contributed by atoms with Gasteiger partial charge in [0.1, 0.15) is 11.5 Å². The number of rotatable bonds is 8. The van der Waals surface area contributed by atoms with Crippen LogP contribution in [0.3, 0.4) is 0 Å². The molecule has 0 atom stereocenters. The fraction of sp³-hybridized carbons (Fsp3) is 0.300. The van der Waals surface area contributed by atoms with Crippen LogP contribution < -0.4 is 9.47 Å². The summed E-state index contributed by atoms with van der Waals surface area (Å²) in [7, 11) is 0. The summed E-state index contributed by atoms with van der Waals surface area (Å²) in [5.74, 6) is 1.54. The second kappa shape index (κ2) is 8.29. The molecule has 0 radical (unpaired) electrons. The molecule has 2 rings (SSSR count). The summed E-state index contributed by atoms with van der Waals surface area (Å²) in [6.07, 6.45) is 0. The number of hydrogen-bond acceptors (Lipinski definition) is 4. The van der Waals surface area contributed by atoms with Crippen molar-refractivity contribution in [2.24, 2.45) is 5.92 Å². The average molecular weight is 326 g/mol. The molecule has 0 spiro atoms. The third-order valence-electron chi connectivity index (χ3n) is 3.55. The summed E-state index contributed by atoms with van der Waals surface area (Å²) < 4.78 is 11.4. The topological polar surface area (TPSA) is 52.6 Å². The van der Waals surface area contributed by atoms with Crippen molar-refractivity contribution in [2.45, 2.75) is 20.8 Å². The van der Waals surface area contributed by atoms with Gasteiger partial charge in [0.05, 0.1) is 13.2 Å². The summed E-state index contributed by atoms with van der Waals surface area (Å²) >= 11 is 0. The van der Waals surface area contributed by atoms with Crippen LogP contribution in [-0.2, 0) is 0 Å². The lowest BCUT2D eigenvalue weighted by Crippen LogP contribution is -2.16. The molecule has 0 amide bonds. The molecule has 0 aliphatic heterocycles. The van der Waals surface area contributed by atoms with Gasteiger partial charge < -0.3 is 9.47 Å². The second-order valence-electron chi connectivity index (χ2n) is 5.90. The predicted octanol–water partition coefficient (Wildman–Crippen LogP) is 4.19. The van der Waals surface area contributed by atoms with E-state index in [0.717, 1.165) is 0 Å². The van der Waals surface area contributed by atoms with Crippen LogP contribution in [0.4, 0.5) is 0 Å².